The molecule has 1 aromatic carbocycles. The van der Waals surface area contributed by atoms with Crippen LogP contribution in [0.15, 0.2) is 29.3 Å². The Labute approximate surface area is 149 Å². The molecule has 0 atom stereocenters. The normalized spacial score (nSPS) is 12.3. The Morgan fingerprint density at radius 3 is 2.60 bits per heavy atom. The van der Waals surface area contributed by atoms with Gasteiger partial charge in [-0.1, -0.05) is 18.2 Å². The van der Waals surface area contributed by atoms with E-state index in [4.69, 9.17) is 0 Å². The summed E-state index contributed by atoms with van der Waals surface area (Å²) >= 11 is 0. The van der Waals surface area contributed by atoms with E-state index in [1.807, 2.05) is 26.8 Å². The zero-order valence-corrected chi connectivity index (χ0v) is 15.8. The van der Waals surface area contributed by atoms with Crippen LogP contribution in [0.25, 0.3) is 10.9 Å². The van der Waals surface area contributed by atoms with Gasteiger partial charge in [-0.15, -0.1) is 0 Å². The highest BCUT2D eigenvalue weighted by Gasteiger charge is 2.13. The molecule has 25 heavy (non-hydrogen) atoms. The molecule has 0 unspecified atom stereocenters. The molecule has 0 spiro atoms. The third-order valence-electron chi connectivity index (χ3n) is 3.85. The van der Waals surface area contributed by atoms with Gasteiger partial charge in [0.25, 0.3) is 0 Å². The highest BCUT2D eigenvalue weighted by molar-refractivity contribution is 5.87. The summed E-state index contributed by atoms with van der Waals surface area (Å²) in [5, 5.41) is 10.5. The van der Waals surface area contributed by atoms with Crippen molar-refractivity contribution in [3.05, 3.63) is 35.5 Å². The summed E-state index contributed by atoms with van der Waals surface area (Å²) in [7, 11) is 1.70. The van der Waals surface area contributed by atoms with E-state index in [2.05, 4.69) is 51.0 Å². The average molecular weight is 343 g/mol. The van der Waals surface area contributed by atoms with Gasteiger partial charge in [0.2, 0.25) is 5.91 Å². The number of amides is 1. The van der Waals surface area contributed by atoms with E-state index < -0.39 is 0 Å². The van der Waals surface area contributed by atoms with Gasteiger partial charge in [0.1, 0.15) is 0 Å². The number of fused-ring (bicyclic) bond motifs is 1. The summed E-state index contributed by atoms with van der Waals surface area (Å²) in [5.41, 5.74) is 3.43. The zero-order chi connectivity index (χ0) is 18.4. The first-order valence-corrected chi connectivity index (χ1v) is 8.62. The van der Waals surface area contributed by atoms with Crippen LogP contribution in [0.4, 0.5) is 0 Å². The number of H-pyrrole nitrogens is 1. The highest BCUT2D eigenvalue weighted by Crippen LogP contribution is 2.21. The summed E-state index contributed by atoms with van der Waals surface area (Å²) in [5.74, 6) is 0.574. The molecule has 0 fully saturated rings. The van der Waals surface area contributed by atoms with Crippen LogP contribution < -0.4 is 16.0 Å². The summed E-state index contributed by atoms with van der Waals surface area (Å²) in [6, 6.07) is 8.32. The second kappa shape index (κ2) is 8.05. The molecule has 6 heteroatoms. The lowest BCUT2D eigenvalue weighted by Gasteiger charge is -2.21. The fourth-order valence-electron chi connectivity index (χ4n) is 2.81. The van der Waals surface area contributed by atoms with E-state index in [1.54, 1.807) is 7.05 Å². The lowest BCUT2D eigenvalue weighted by atomic mass is 10.1. The maximum absolute atomic E-state index is 11.9. The van der Waals surface area contributed by atoms with E-state index in [9.17, 15) is 4.79 Å². The van der Waals surface area contributed by atoms with Gasteiger partial charge in [0.15, 0.2) is 5.96 Å². The number of hydrogen-bond donors (Lipinski definition) is 4. The number of hydrogen-bond acceptors (Lipinski definition) is 2. The number of carbonyl (C=O) groups excluding carboxylic acids is 1. The van der Waals surface area contributed by atoms with Gasteiger partial charge in [-0.2, -0.15) is 0 Å². The molecule has 0 bridgehead atoms. The summed E-state index contributed by atoms with van der Waals surface area (Å²) in [6.07, 6.45) is 0.880. The second-order valence-electron chi connectivity index (χ2n) is 7.17. The molecule has 1 amide bonds. The van der Waals surface area contributed by atoms with E-state index in [-0.39, 0.29) is 18.0 Å². The van der Waals surface area contributed by atoms with Crippen molar-refractivity contribution in [2.45, 2.75) is 39.7 Å². The summed E-state index contributed by atoms with van der Waals surface area (Å²) < 4.78 is 0. The van der Waals surface area contributed by atoms with Gasteiger partial charge in [-0.05, 0) is 45.7 Å². The van der Waals surface area contributed by atoms with Gasteiger partial charge in [0.05, 0.1) is 6.54 Å². The number of aromatic nitrogens is 1. The maximum atomic E-state index is 11.9. The third kappa shape index (κ3) is 5.52. The Hall–Kier alpha value is -2.50. The first kappa shape index (κ1) is 18.8. The van der Waals surface area contributed by atoms with Crippen LogP contribution in [0, 0.1) is 6.92 Å². The quantitative estimate of drug-likeness (QED) is 0.496. The number of rotatable bonds is 5. The molecule has 136 valence electrons. The first-order chi connectivity index (χ1) is 11.8. The number of nitrogens with zero attached hydrogens (tertiary/aromatic N) is 1. The summed E-state index contributed by atoms with van der Waals surface area (Å²) in [6.45, 7) is 8.91. The van der Waals surface area contributed by atoms with Gasteiger partial charge in [0, 0.05) is 35.7 Å². The van der Waals surface area contributed by atoms with Crippen molar-refractivity contribution in [1.82, 2.24) is 20.9 Å². The minimum atomic E-state index is -0.234. The molecule has 0 aliphatic rings. The number of benzene rings is 1. The number of guanidine groups is 1. The number of carbonyl (C=O) groups is 1. The van der Waals surface area contributed by atoms with Crippen molar-refractivity contribution in [2.75, 3.05) is 20.1 Å². The minimum Gasteiger partial charge on any atom is -0.358 e. The molecule has 0 radical (unpaired) electrons. The zero-order valence-electron chi connectivity index (χ0n) is 15.8. The fourth-order valence-corrected chi connectivity index (χ4v) is 2.81. The van der Waals surface area contributed by atoms with E-state index >= 15 is 0 Å². The van der Waals surface area contributed by atoms with E-state index in [1.165, 1.54) is 16.6 Å². The standard InChI is InChI=1S/C19H29N5O/c1-13-14(15-8-6-7-9-16(15)23-13)10-11-21-18(20-5)22-12-17(25)24-19(2,3)4/h6-9,23H,10-12H2,1-5H3,(H,24,25)(H2,20,21,22). The molecule has 0 aliphatic heterocycles. The molecule has 0 aliphatic carbocycles. The van der Waals surface area contributed by atoms with Crippen LogP contribution in [0.2, 0.25) is 0 Å². The predicted molar refractivity (Wildman–Crippen MR) is 104 cm³/mol. The van der Waals surface area contributed by atoms with Crippen LogP contribution in [0.5, 0.6) is 0 Å². The van der Waals surface area contributed by atoms with Crippen LogP contribution in [-0.2, 0) is 11.2 Å². The van der Waals surface area contributed by atoms with E-state index in [0.717, 1.165) is 18.5 Å². The Morgan fingerprint density at radius 1 is 1.20 bits per heavy atom. The topological polar surface area (TPSA) is 81.3 Å². The van der Waals surface area contributed by atoms with Gasteiger partial charge in [-0.25, -0.2) is 0 Å². The monoisotopic (exact) mass is 343 g/mol. The second-order valence-corrected chi connectivity index (χ2v) is 7.17. The van der Waals surface area contributed by atoms with Crippen molar-refractivity contribution in [1.29, 1.82) is 0 Å². The largest absolute Gasteiger partial charge is 0.358 e. The van der Waals surface area contributed by atoms with Crippen molar-refractivity contribution >= 4 is 22.8 Å². The average Bonchev–Trinajstić information content (AvgIpc) is 2.84. The number of aromatic amines is 1. The molecule has 0 saturated heterocycles. The molecular weight excluding hydrogens is 314 g/mol. The van der Waals surface area contributed by atoms with Crippen LogP contribution in [0.1, 0.15) is 32.0 Å². The van der Waals surface area contributed by atoms with E-state index in [0.29, 0.717) is 5.96 Å². The third-order valence-corrected chi connectivity index (χ3v) is 3.85. The lowest BCUT2D eigenvalue weighted by Crippen LogP contribution is -2.48. The van der Waals surface area contributed by atoms with Crippen molar-refractivity contribution in [3.63, 3.8) is 0 Å². The number of aryl methyl sites for hydroxylation is 1. The van der Waals surface area contributed by atoms with Crippen LogP contribution in [0.3, 0.4) is 0 Å². The Balaban J connectivity index is 1.85. The molecule has 1 heterocycles. The lowest BCUT2D eigenvalue weighted by molar-refractivity contribution is -0.121. The molecule has 6 nitrogen and oxygen atoms in total. The fraction of sp³-hybridized carbons (Fsp3) is 0.474. The molecule has 4 N–H and O–H groups in total. The Kier molecular flexibility index (Phi) is 6.07. The smallest absolute Gasteiger partial charge is 0.239 e. The molecule has 1 aromatic heterocycles. The highest BCUT2D eigenvalue weighted by atomic mass is 16.2. The number of nitrogens with one attached hydrogen (secondary N) is 4. The Bertz CT molecular complexity index is 755. The van der Waals surface area contributed by atoms with Crippen molar-refractivity contribution in [2.24, 2.45) is 4.99 Å². The number of aliphatic imine (C=N–C) groups is 1. The van der Waals surface area contributed by atoms with Crippen LogP contribution in [-0.4, -0.2) is 42.5 Å². The van der Waals surface area contributed by atoms with Crippen molar-refractivity contribution in [3.8, 4) is 0 Å². The van der Waals surface area contributed by atoms with Crippen LogP contribution >= 0.6 is 0 Å². The van der Waals surface area contributed by atoms with Gasteiger partial charge in [-0.3, -0.25) is 9.79 Å². The molecular formula is C19H29N5O. The molecule has 2 aromatic rings. The van der Waals surface area contributed by atoms with Gasteiger partial charge < -0.3 is 20.9 Å². The maximum Gasteiger partial charge on any atom is 0.239 e. The Morgan fingerprint density at radius 2 is 1.92 bits per heavy atom. The summed E-state index contributed by atoms with van der Waals surface area (Å²) in [4.78, 5) is 19.5. The van der Waals surface area contributed by atoms with Gasteiger partial charge >= 0.3 is 0 Å². The minimum absolute atomic E-state index is 0.0528. The first-order valence-electron chi connectivity index (χ1n) is 8.62. The predicted octanol–water partition coefficient (Wildman–Crippen LogP) is 2.10. The SMILES string of the molecule is CN=C(NCCc1c(C)[nH]c2ccccc12)NCC(=O)NC(C)(C)C. The molecule has 2 rings (SSSR count). The van der Waals surface area contributed by atoms with Crippen molar-refractivity contribution < 1.29 is 4.79 Å². The molecule has 0 saturated carbocycles. The number of para-hydroxylation sites is 1.